The highest BCUT2D eigenvalue weighted by Crippen LogP contribution is 2.19. The highest BCUT2D eigenvalue weighted by Gasteiger charge is 2.25. The van der Waals surface area contributed by atoms with Crippen LogP contribution in [0.3, 0.4) is 0 Å². The van der Waals surface area contributed by atoms with Crippen molar-refractivity contribution in [2.45, 2.75) is 46.0 Å². The number of H-pyrrole nitrogens is 1. The summed E-state index contributed by atoms with van der Waals surface area (Å²) in [6.45, 7) is 3.73. The van der Waals surface area contributed by atoms with Crippen molar-refractivity contribution in [3.05, 3.63) is 51.4 Å². The minimum atomic E-state index is -0.375. The van der Waals surface area contributed by atoms with E-state index in [1.807, 2.05) is 12.1 Å². The van der Waals surface area contributed by atoms with Crippen LogP contribution in [0, 0.1) is 6.92 Å². The van der Waals surface area contributed by atoms with Gasteiger partial charge in [-0.2, -0.15) is 10.1 Å². The zero-order valence-electron chi connectivity index (χ0n) is 14.5. The molecule has 1 aromatic carbocycles. The lowest BCUT2D eigenvalue weighted by Gasteiger charge is -2.22. The zero-order valence-corrected chi connectivity index (χ0v) is 14.5. The number of rotatable bonds is 5. The number of hydrogen-bond donors (Lipinski definition) is 1. The second-order valence-corrected chi connectivity index (χ2v) is 6.12. The van der Waals surface area contributed by atoms with Crippen molar-refractivity contribution in [3.8, 4) is 0 Å². The lowest BCUT2D eigenvalue weighted by atomic mass is 10.0. The summed E-state index contributed by atoms with van der Waals surface area (Å²) in [7, 11) is 0. The molecule has 1 amide bonds. The normalized spacial score (nSPS) is 14.6. The SMILES string of the molecule is CCCCc1ccc(C2=NN(c3nnc(C)c(=O)[nH]3)C(=O)CC2)cc1. The molecule has 1 N–H and O–H groups in total. The number of aryl methyl sites for hydroxylation is 2. The minimum Gasteiger partial charge on any atom is -0.288 e. The minimum absolute atomic E-state index is 0.0531. The summed E-state index contributed by atoms with van der Waals surface area (Å²) >= 11 is 0. The number of anilines is 1. The molecule has 0 fully saturated rings. The molecule has 1 aromatic heterocycles. The van der Waals surface area contributed by atoms with Crippen LogP contribution in [0.15, 0.2) is 34.2 Å². The highest BCUT2D eigenvalue weighted by molar-refractivity contribution is 6.08. The molecule has 0 atom stereocenters. The summed E-state index contributed by atoms with van der Waals surface area (Å²) in [6, 6.07) is 8.26. The number of aromatic nitrogens is 3. The molecule has 7 nitrogen and oxygen atoms in total. The molecule has 1 aliphatic heterocycles. The fraction of sp³-hybridized carbons (Fsp3) is 0.389. The molecule has 0 unspecified atom stereocenters. The summed E-state index contributed by atoms with van der Waals surface area (Å²) in [5.74, 6) is -0.158. The Morgan fingerprint density at radius 1 is 1.12 bits per heavy atom. The van der Waals surface area contributed by atoms with E-state index in [1.165, 1.54) is 18.4 Å². The van der Waals surface area contributed by atoms with Gasteiger partial charge in [-0.15, -0.1) is 10.2 Å². The van der Waals surface area contributed by atoms with Crippen LogP contribution in [0.5, 0.6) is 0 Å². The van der Waals surface area contributed by atoms with E-state index in [0.29, 0.717) is 12.8 Å². The Morgan fingerprint density at radius 2 is 1.88 bits per heavy atom. The van der Waals surface area contributed by atoms with Gasteiger partial charge in [-0.05, 0) is 30.9 Å². The van der Waals surface area contributed by atoms with E-state index in [9.17, 15) is 9.59 Å². The van der Waals surface area contributed by atoms with Gasteiger partial charge in [0, 0.05) is 12.8 Å². The van der Waals surface area contributed by atoms with Gasteiger partial charge in [-0.3, -0.25) is 14.6 Å². The molecular formula is C18H21N5O2. The predicted octanol–water partition coefficient (Wildman–Crippen LogP) is 2.35. The van der Waals surface area contributed by atoms with Gasteiger partial charge in [0.15, 0.2) is 0 Å². The van der Waals surface area contributed by atoms with Crippen molar-refractivity contribution in [2.24, 2.45) is 5.10 Å². The smallest absolute Gasteiger partial charge is 0.274 e. The lowest BCUT2D eigenvalue weighted by molar-refractivity contribution is -0.118. The number of benzene rings is 1. The third-order valence-corrected chi connectivity index (χ3v) is 4.19. The number of hydrogen-bond acceptors (Lipinski definition) is 5. The fourth-order valence-electron chi connectivity index (χ4n) is 2.65. The third kappa shape index (κ3) is 3.81. The molecule has 7 heteroatoms. The number of aromatic amines is 1. The van der Waals surface area contributed by atoms with Crippen LogP contribution in [0.4, 0.5) is 5.95 Å². The first-order chi connectivity index (χ1) is 12.1. The van der Waals surface area contributed by atoms with Gasteiger partial charge in [0.05, 0.1) is 5.71 Å². The van der Waals surface area contributed by atoms with Gasteiger partial charge in [-0.1, -0.05) is 37.6 Å². The van der Waals surface area contributed by atoms with Gasteiger partial charge in [0.1, 0.15) is 5.69 Å². The quantitative estimate of drug-likeness (QED) is 0.905. The lowest BCUT2D eigenvalue weighted by Crippen LogP contribution is -2.35. The van der Waals surface area contributed by atoms with Gasteiger partial charge in [0.2, 0.25) is 5.91 Å². The molecule has 130 valence electrons. The van der Waals surface area contributed by atoms with Gasteiger partial charge >= 0.3 is 0 Å². The maximum atomic E-state index is 12.2. The van der Waals surface area contributed by atoms with E-state index in [2.05, 4.69) is 39.3 Å². The third-order valence-electron chi connectivity index (χ3n) is 4.19. The molecule has 3 rings (SSSR count). The van der Waals surface area contributed by atoms with Crippen LogP contribution in [0.2, 0.25) is 0 Å². The van der Waals surface area contributed by atoms with Crippen LogP contribution in [-0.2, 0) is 11.2 Å². The number of unbranched alkanes of at least 4 members (excludes halogenated alkanes) is 1. The Bertz CT molecular complexity index is 855. The first-order valence-corrected chi connectivity index (χ1v) is 8.52. The molecule has 2 aromatic rings. The highest BCUT2D eigenvalue weighted by atomic mass is 16.2. The number of nitrogens with one attached hydrogen (secondary N) is 1. The molecule has 2 heterocycles. The van der Waals surface area contributed by atoms with E-state index in [4.69, 9.17) is 0 Å². The van der Waals surface area contributed by atoms with Gasteiger partial charge in [-0.25, -0.2) is 0 Å². The number of carbonyl (C=O) groups excluding carboxylic acids is 1. The van der Waals surface area contributed by atoms with E-state index >= 15 is 0 Å². The summed E-state index contributed by atoms with van der Waals surface area (Å²) in [5, 5.41) is 13.2. The first-order valence-electron chi connectivity index (χ1n) is 8.52. The van der Waals surface area contributed by atoms with E-state index in [1.54, 1.807) is 6.92 Å². The summed E-state index contributed by atoms with van der Waals surface area (Å²) in [5.41, 5.74) is 2.94. The molecule has 0 saturated heterocycles. The monoisotopic (exact) mass is 339 g/mol. The molecule has 0 bridgehead atoms. The Morgan fingerprint density at radius 3 is 2.56 bits per heavy atom. The van der Waals surface area contributed by atoms with Crippen LogP contribution >= 0.6 is 0 Å². The first kappa shape index (κ1) is 17.0. The van der Waals surface area contributed by atoms with Crippen molar-refractivity contribution in [1.29, 1.82) is 0 Å². The molecule has 0 spiro atoms. The van der Waals surface area contributed by atoms with Crippen LogP contribution in [0.1, 0.15) is 49.4 Å². The van der Waals surface area contributed by atoms with Crippen molar-refractivity contribution >= 4 is 17.6 Å². The summed E-state index contributed by atoms with van der Waals surface area (Å²) in [6.07, 6.45) is 4.28. The van der Waals surface area contributed by atoms with Crippen molar-refractivity contribution in [1.82, 2.24) is 15.2 Å². The second kappa shape index (κ2) is 7.38. The average molecular weight is 339 g/mol. The molecular weight excluding hydrogens is 318 g/mol. The van der Waals surface area contributed by atoms with E-state index in [-0.39, 0.29) is 23.1 Å². The fourth-order valence-corrected chi connectivity index (χ4v) is 2.65. The Balaban J connectivity index is 1.87. The van der Waals surface area contributed by atoms with E-state index in [0.717, 1.165) is 22.7 Å². The number of amides is 1. The predicted molar refractivity (Wildman–Crippen MR) is 95.7 cm³/mol. The number of hydrazone groups is 1. The second-order valence-electron chi connectivity index (χ2n) is 6.12. The maximum absolute atomic E-state index is 12.2. The van der Waals surface area contributed by atoms with E-state index < -0.39 is 0 Å². The molecule has 0 aliphatic carbocycles. The standard InChI is InChI=1S/C18H21N5O2/c1-3-4-5-13-6-8-14(9-7-13)15-10-11-16(24)23(22-15)18-19-17(25)12(2)20-21-18/h6-9H,3-5,10-11H2,1-2H3,(H,19,21,25). The average Bonchev–Trinajstić information content (AvgIpc) is 2.63. The summed E-state index contributed by atoms with van der Waals surface area (Å²) in [4.78, 5) is 26.4. The van der Waals surface area contributed by atoms with Crippen molar-refractivity contribution in [3.63, 3.8) is 0 Å². The van der Waals surface area contributed by atoms with Gasteiger partial charge in [0.25, 0.3) is 11.5 Å². The number of carbonyl (C=O) groups is 1. The Labute approximate surface area is 145 Å². The Kier molecular flexibility index (Phi) is 5.02. The zero-order chi connectivity index (χ0) is 17.8. The van der Waals surface area contributed by atoms with Crippen LogP contribution < -0.4 is 10.6 Å². The molecule has 25 heavy (non-hydrogen) atoms. The van der Waals surface area contributed by atoms with Crippen LogP contribution in [0.25, 0.3) is 0 Å². The molecule has 0 radical (unpaired) electrons. The maximum Gasteiger partial charge on any atom is 0.274 e. The van der Waals surface area contributed by atoms with Gasteiger partial charge < -0.3 is 0 Å². The molecule has 1 aliphatic rings. The van der Waals surface area contributed by atoms with Crippen molar-refractivity contribution in [2.75, 3.05) is 5.01 Å². The molecule has 0 saturated carbocycles. The Hall–Kier alpha value is -2.83. The largest absolute Gasteiger partial charge is 0.288 e. The topological polar surface area (TPSA) is 91.3 Å². The number of nitrogens with zero attached hydrogens (tertiary/aromatic N) is 4. The van der Waals surface area contributed by atoms with Crippen molar-refractivity contribution < 1.29 is 4.79 Å². The summed E-state index contributed by atoms with van der Waals surface area (Å²) < 4.78 is 0. The van der Waals surface area contributed by atoms with Crippen LogP contribution in [-0.4, -0.2) is 26.8 Å².